The summed E-state index contributed by atoms with van der Waals surface area (Å²) in [6, 6.07) is 0.329. The van der Waals surface area contributed by atoms with Crippen LogP contribution in [0.2, 0.25) is 0 Å². The molecule has 15 heavy (non-hydrogen) atoms. The molecule has 0 fully saturated rings. The lowest BCUT2D eigenvalue weighted by atomic mass is 10.0. The Morgan fingerprint density at radius 2 is 2.07 bits per heavy atom. The highest BCUT2D eigenvalue weighted by molar-refractivity contribution is 5.07. The van der Waals surface area contributed by atoms with Crippen molar-refractivity contribution in [3.8, 4) is 0 Å². The van der Waals surface area contributed by atoms with Crippen LogP contribution in [0.4, 0.5) is 0 Å². The fourth-order valence-corrected chi connectivity index (χ4v) is 1.55. The average molecular weight is 211 g/mol. The molecule has 0 saturated heterocycles. The van der Waals surface area contributed by atoms with Crippen LogP contribution < -0.4 is 11.1 Å². The Morgan fingerprint density at radius 1 is 1.40 bits per heavy atom. The van der Waals surface area contributed by atoms with Gasteiger partial charge in [0.05, 0.1) is 12.2 Å². The number of nitrogens with zero attached hydrogens (tertiary/aromatic N) is 1. The van der Waals surface area contributed by atoms with Crippen molar-refractivity contribution >= 4 is 0 Å². The van der Waals surface area contributed by atoms with E-state index < -0.39 is 0 Å². The molecule has 1 aromatic rings. The van der Waals surface area contributed by atoms with Gasteiger partial charge in [-0.3, -0.25) is 0 Å². The minimum Gasteiger partial charge on any atom is -0.444 e. The molecule has 1 unspecified atom stereocenters. The lowest BCUT2D eigenvalue weighted by molar-refractivity contribution is 0.375. The van der Waals surface area contributed by atoms with Gasteiger partial charge in [0, 0.05) is 19.5 Å². The van der Waals surface area contributed by atoms with Gasteiger partial charge in [-0.2, -0.15) is 0 Å². The first-order valence-corrected chi connectivity index (χ1v) is 5.41. The van der Waals surface area contributed by atoms with E-state index in [4.69, 9.17) is 10.2 Å². The van der Waals surface area contributed by atoms with Crippen LogP contribution in [0.3, 0.4) is 0 Å². The summed E-state index contributed by atoms with van der Waals surface area (Å²) in [5.41, 5.74) is 6.63. The first kappa shape index (κ1) is 12.2. The minimum absolute atomic E-state index is 0.329. The summed E-state index contributed by atoms with van der Waals surface area (Å²) in [5, 5.41) is 3.38. The van der Waals surface area contributed by atoms with E-state index in [0.717, 1.165) is 17.3 Å². The summed E-state index contributed by atoms with van der Waals surface area (Å²) in [7, 11) is 0. The molecule has 1 aromatic heterocycles. The quantitative estimate of drug-likeness (QED) is 0.772. The van der Waals surface area contributed by atoms with Gasteiger partial charge in [0.2, 0.25) is 0 Å². The Balaban J connectivity index is 2.52. The zero-order chi connectivity index (χ0) is 11.4. The molecule has 0 aliphatic carbocycles. The number of rotatable bonds is 5. The Labute approximate surface area is 91.3 Å². The van der Waals surface area contributed by atoms with E-state index in [1.807, 2.05) is 13.8 Å². The number of nitrogens with one attached hydrogen (secondary N) is 1. The minimum atomic E-state index is 0.329. The summed E-state index contributed by atoms with van der Waals surface area (Å²) in [6.07, 6.45) is 0. The molecule has 1 atom stereocenters. The van der Waals surface area contributed by atoms with E-state index in [2.05, 4.69) is 24.1 Å². The van der Waals surface area contributed by atoms with E-state index in [0.29, 0.717) is 25.0 Å². The Morgan fingerprint density at radius 3 is 2.47 bits per heavy atom. The fourth-order valence-electron chi connectivity index (χ4n) is 1.55. The molecule has 0 aromatic carbocycles. The van der Waals surface area contributed by atoms with Crippen LogP contribution in [-0.4, -0.2) is 17.6 Å². The van der Waals surface area contributed by atoms with Crippen molar-refractivity contribution in [1.29, 1.82) is 0 Å². The second-order valence-corrected chi connectivity index (χ2v) is 4.21. The van der Waals surface area contributed by atoms with Crippen LogP contribution in [0, 0.1) is 19.8 Å². The summed E-state index contributed by atoms with van der Waals surface area (Å²) >= 11 is 0. The van der Waals surface area contributed by atoms with Gasteiger partial charge in [0.15, 0.2) is 5.89 Å². The highest BCUT2D eigenvalue weighted by atomic mass is 16.4. The van der Waals surface area contributed by atoms with E-state index in [9.17, 15) is 0 Å². The molecule has 0 spiro atoms. The van der Waals surface area contributed by atoms with E-state index in [1.165, 1.54) is 0 Å². The van der Waals surface area contributed by atoms with Crippen molar-refractivity contribution in [3.63, 3.8) is 0 Å². The predicted octanol–water partition coefficient (Wildman–Crippen LogP) is 1.36. The molecule has 0 radical (unpaired) electrons. The third-order valence-corrected chi connectivity index (χ3v) is 2.58. The van der Waals surface area contributed by atoms with Crippen LogP contribution in [-0.2, 0) is 6.54 Å². The van der Waals surface area contributed by atoms with E-state index in [-0.39, 0.29) is 0 Å². The standard InChI is InChI=1S/C11H21N3O/c1-7(2)10(5-12)13-6-11-8(3)14-9(4)15-11/h7,10,13H,5-6,12H2,1-4H3. The van der Waals surface area contributed by atoms with Gasteiger partial charge in [-0.25, -0.2) is 4.98 Å². The molecule has 0 bridgehead atoms. The number of aryl methyl sites for hydroxylation is 2. The summed E-state index contributed by atoms with van der Waals surface area (Å²) in [4.78, 5) is 4.22. The highest BCUT2D eigenvalue weighted by Gasteiger charge is 2.13. The molecule has 4 nitrogen and oxygen atoms in total. The van der Waals surface area contributed by atoms with Gasteiger partial charge in [-0.05, 0) is 12.8 Å². The third-order valence-electron chi connectivity index (χ3n) is 2.58. The molecule has 3 N–H and O–H groups in total. The van der Waals surface area contributed by atoms with Crippen molar-refractivity contribution in [2.45, 2.75) is 40.3 Å². The second kappa shape index (κ2) is 5.28. The molecule has 1 rings (SSSR count). The lowest BCUT2D eigenvalue weighted by Gasteiger charge is -2.19. The normalized spacial score (nSPS) is 13.5. The molecule has 86 valence electrons. The van der Waals surface area contributed by atoms with Crippen molar-refractivity contribution in [2.75, 3.05) is 6.54 Å². The molecule has 0 aliphatic heterocycles. The maximum absolute atomic E-state index is 5.67. The zero-order valence-corrected chi connectivity index (χ0v) is 10.0. The van der Waals surface area contributed by atoms with E-state index in [1.54, 1.807) is 0 Å². The number of aromatic nitrogens is 1. The molecule has 0 aliphatic rings. The predicted molar refractivity (Wildman–Crippen MR) is 60.5 cm³/mol. The third kappa shape index (κ3) is 3.32. The zero-order valence-electron chi connectivity index (χ0n) is 10.0. The van der Waals surface area contributed by atoms with Crippen molar-refractivity contribution in [1.82, 2.24) is 10.3 Å². The van der Waals surface area contributed by atoms with Crippen LogP contribution in [0.5, 0.6) is 0 Å². The largest absolute Gasteiger partial charge is 0.444 e. The highest BCUT2D eigenvalue weighted by Crippen LogP contribution is 2.10. The van der Waals surface area contributed by atoms with Crippen LogP contribution >= 0.6 is 0 Å². The van der Waals surface area contributed by atoms with Crippen molar-refractivity contribution < 1.29 is 4.42 Å². The van der Waals surface area contributed by atoms with Gasteiger partial charge in [0.1, 0.15) is 5.76 Å². The summed E-state index contributed by atoms with van der Waals surface area (Å²) < 4.78 is 5.47. The second-order valence-electron chi connectivity index (χ2n) is 4.21. The monoisotopic (exact) mass is 211 g/mol. The SMILES string of the molecule is Cc1nc(C)c(CNC(CN)C(C)C)o1. The fraction of sp³-hybridized carbons (Fsp3) is 0.727. The number of nitrogens with two attached hydrogens (primary N) is 1. The first-order valence-electron chi connectivity index (χ1n) is 5.41. The van der Waals surface area contributed by atoms with Crippen LogP contribution in [0.1, 0.15) is 31.2 Å². The van der Waals surface area contributed by atoms with Gasteiger partial charge < -0.3 is 15.5 Å². The molecular formula is C11H21N3O. The summed E-state index contributed by atoms with van der Waals surface area (Å²) in [6.45, 7) is 9.47. The van der Waals surface area contributed by atoms with Gasteiger partial charge in [-0.15, -0.1) is 0 Å². The maximum atomic E-state index is 5.67. The number of oxazole rings is 1. The average Bonchev–Trinajstić information content (AvgIpc) is 2.45. The molecule has 1 heterocycles. The van der Waals surface area contributed by atoms with E-state index >= 15 is 0 Å². The molecule has 4 heteroatoms. The van der Waals surface area contributed by atoms with Crippen LogP contribution in [0.25, 0.3) is 0 Å². The lowest BCUT2D eigenvalue weighted by Crippen LogP contribution is -2.39. The Bertz CT molecular complexity index is 307. The van der Waals surface area contributed by atoms with Crippen molar-refractivity contribution in [2.24, 2.45) is 11.7 Å². The molecular weight excluding hydrogens is 190 g/mol. The van der Waals surface area contributed by atoms with Crippen molar-refractivity contribution in [3.05, 3.63) is 17.3 Å². The molecule has 0 amide bonds. The summed E-state index contributed by atoms with van der Waals surface area (Å²) in [5.74, 6) is 2.16. The maximum Gasteiger partial charge on any atom is 0.191 e. The van der Waals surface area contributed by atoms with Gasteiger partial charge >= 0.3 is 0 Å². The van der Waals surface area contributed by atoms with Gasteiger partial charge in [-0.1, -0.05) is 13.8 Å². The smallest absolute Gasteiger partial charge is 0.191 e. The van der Waals surface area contributed by atoms with Crippen LogP contribution in [0.15, 0.2) is 4.42 Å². The van der Waals surface area contributed by atoms with Gasteiger partial charge in [0.25, 0.3) is 0 Å². The number of hydrogen-bond acceptors (Lipinski definition) is 4. The Hall–Kier alpha value is -0.870. The topological polar surface area (TPSA) is 64.1 Å². The Kier molecular flexibility index (Phi) is 4.29. The molecule has 0 saturated carbocycles. The first-order chi connectivity index (χ1) is 7.04. The number of hydrogen-bond donors (Lipinski definition) is 2.